The summed E-state index contributed by atoms with van der Waals surface area (Å²) in [6.45, 7) is 2.12. The summed E-state index contributed by atoms with van der Waals surface area (Å²) in [5.74, 6) is -1.48. The average molecular weight is 390 g/mol. The zero-order valence-corrected chi connectivity index (χ0v) is 14.6. The van der Waals surface area contributed by atoms with Crippen LogP contribution in [0.25, 0.3) is 5.78 Å². The monoisotopic (exact) mass is 390 g/mol. The second-order valence-electron chi connectivity index (χ2n) is 6.20. The Bertz CT molecular complexity index is 1070. The van der Waals surface area contributed by atoms with Crippen LogP contribution in [0.5, 0.6) is 0 Å². The molecule has 1 fully saturated rings. The molecule has 146 valence electrons. The van der Waals surface area contributed by atoms with Gasteiger partial charge < -0.3 is 15.0 Å². The van der Waals surface area contributed by atoms with Crippen molar-refractivity contribution in [2.24, 2.45) is 0 Å². The molecule has 1 saturated heterocycles. The standard InChI is InChI=1S/C17H16F2N6O3/c18-11-7-12(19)9-13(8-11)20-15(26)10-25-17(27)24-2-1-14(21-16(24)22-25)23-3-5-28-6-4-23/h1-2,7-9H,3-6,10H2,(H,20,26). The first kappa shape index (κ1) is 18.0. The number of carbonyl (C=O) groups is 1. The van der Waals surface area contributed by atoms with Crippen LogP contribution < -0.4 is 15.9 Å². The summed E-state index contributed by atoms with van der Waals surface area (Å²) < 4.78 is 33.9. The number of hydrogen-bond acceptors (Lipinski definition) is 6. The number of hydrogen-bond donors (Lipinski definition) is 1. The normalized spacial score (nSPS) is 14.4. The maximum absolute atomic E-state index is 13.2. The minimum Gasteiger partial charge on any atom is -0.378 e. The van der Waals surface area contributed by atoms with Gasteiger partial charge in [-0.05, 0) is 18.2 Å². The number of anilines is 2. The summed E-state index contributed by atoms with van der Waals surface area (Å²) in [6, 6.07) is 4.34. The van der Waals surface area contributed by atoms with Crippen molar-refractivity contribution in [3.63, 3.8) is 0 Å². The number of carbonyl (C=O) groups excluding carboxylic acids is 1. The van der Waals surface area contributed by atoms with Crippen molar-refractivity contribution in [1.82, 2.24) is 19.2 Å². The van der Waals surface area contributed by atoms with E-state index < -0.39 is 29.8 Å². The Morgan fingerprint density at radius 3 is 2.61 bits per heavy atom. The molecule has 0 spiro atoms. The molecule has 0 atom stereocenters. The van der Waals surface area contributed by atoms with Crippen molar-refractivity contribution in [3.05, 3.63) is 52.6 Å². The van der Waals surface area contributed by atoms with Gasteiger partial charge in [0.15, 0.2) is 0 Å². The molecule has 28 heavy (non-hydrogen) atoms. The molecule has 4 rings (SSSR count). The van der Waals surface area contributed by atoms with Crippen LogP contribution in [-0.2, 0) is 16.1 Å². The van der Waals surface area contributed by atoms with E-state index in [9.17, 15) is 18.4 Å². The molecule has 1 aliphatic rings. The molecule has 11 heteroatoms. The fourth-order valence-corrected chi connectivity index (χ4v) is 2.93. The molecule has 0 radical (unpaired) electrons. The molecule has 3 heterocycles. The van der Waals surface area contributed by atoms with Crippen LogP contribution >= 0.6 is 0 Å². The molecular formula is C17H16F2N6O3. The first-order valence-corrected chi connectivity index (χ1v) is 8.54. The quantitative estimate of drug-likeness (QED) is 0.703. The van der Waals surface area contributed by atoms with E-state index in [2.05, 4.69) is 15.4 Å². The maximum atomic E-state index is 13.2. The van der Waals surface area contributed by atoms with Gasteiger partial charge in [-0.15, -0.1) is 5.10 Å². The number of amides is 1. The summed E-state index contributed by atoms with van der Waals surface area (Å²) in [5.41, 5.74) is -0.594. The summed E-state index contributed by atoms with van der Waals surface area (Å²) in [7, 11) is 0. The zero-order chi connectivity index (χ0) is 19.7. The lowest BCUT2D eigenvalue weighted by atomic mass is 10.3. The summed E-state index contributed by atoms with van der Waals surface area (Å²) in [5, 5.41) is 6.41. The van der Waals surface area contributed by atoms with Gasteiger partial charge in [0.25, 0.3) is 5.78 Å². The number of halogens is 2. The van der Waals surface area contributed by atoms with Crippen LogP contribution in [0.2, 0.25) is 0 Å². The van der Waals surface area contributed by atoms with E-state index in [1.807, 2.05) is 4.90 Å². The molecule has 9 nitrogen and oxygen atoms in total. The van der Waals surface area contributed by atoms with Crippen molar-refractivity contribution >= 4 is 23.2 Å². The number of nitrogens with zero attached hydrogens (tertiary/aromatic N) is 5. The fourth-order valence-electron chi connectivity index (χ4n) is 2.93. The maximum Gasteiger partial charge on any atom is 0.352 e. The molecule has 1 aromatic carbocycles. The summed E-state index contributed by atoms with van der Waals surface area (Å²) in [4.78, 5) is 30.9. The first-order chi connectivity index (χ1) is 13.5. The molecule has 0 saturated carbocycles. The van der Waals surface area contributed by atoms with Crippen molar-refractivity contribution in [3.8, 4) is 0 Å². The Kier molecular flexibility index (Phi) is 4.74. The topological polar surface area (TPSA) is 93.8 Å². The van der Waals surface area contributed by atoms with E-state index in [-0.39, 0.29) is 11.5 Å². The van der Waals surface area contributed by atoms with Gasteiger partial charge >= 0.3 is 5.69 Å². The van der Waals surface area contributed by atoms with Crippen LogP contribution in [0.4, 0.5) is 20.3 Å². The predicted octanol–water partition coefficient (Wildman–Crippen LogP) is 0.644. The van der Waals surface area contributed by atoms with Crippen LogP contribution in [0.1, 0.15) is 0 Å². The molecule has 1 aliphatic heterocycles. The Balaban J connectivity index is 1.54. The lowest BCUT2D eigenvalue weighted by Gasteiger charge is -2.27. The lowest BCUT2D eigenvalue weighted by Crippen LogP contribution is -2.36. The average Bonchev–Trinajstić information content (AvgIpc) is 2.96. The largest absolute Gasteiger partial charge is 0.378 e. The fraction of sp³-hybridized carbons (Fsp3) is 0.294. The number of ether oxygens (including phenoxy) is 1. The van der Waals surface area contributed by atoms with Crippen LogP contribution in [0.3, 0.4) is 0 Å². The highest BCUT2D eigenvalue weighted by atomic mass is 19.1. The second-order valence-corrected chi connectivity index (χ2v) is 6.20. The number of aromatic nitrogens is 4. The predicted molar refractivity (Wildman–Crippen MR) is 95.3 cm³/mol. The number of rotatable bonds is 4. The third-order valence-electron chi connectivity index (χ3n) is 4.21. The van der Waals surface area contributed by atoms with Gasteiger partial charge in [-0.1, -0.05) is 0 Å². The number of morpholine rings is 1. The Hall–Kier alpha value is -3.34. The van der Waals surface area contributed by atoms with E-state index in [0.29, 0.717) is 38.2 Å². The van der Waals surface area contributed by atoms with Gasteiger partial charge in [0.1, 0.15) is 24.0 Å². The molecular weight excluding hydrogens is 374 g/mol. The summed E-state index contributed by atoms with van der Waals surface area (Å²) >= 11 is 0. The Morgan fingerprint density at radius 2 is 1.89 bits per heavy atom. The second kappa shape index (κ2) is 7.35. The van der Waals surface area contributed by atoms with Gasteiger partial charge in [0.05, 0.1) is 13.2 Å². The van der Waals surface area contributed by atoms with E-state index >= 15 is 0 Å². The van der Waals surface area contributed by atoms with Crippen LogP contribution in [-0.4, -0.2) is 51.4 Å². The first-order valence-electron chi connectivity index (χ1n) is 8.54. The highest BCUT2D eigenvalue weighted by molar-refractivity contribution is 5.90. The lowest BCUT2D eigenvalue weighted by molar-refractivity contribution is -0.117. The van der Waals surface area contributed by atoms with Crippen molar-refractivity contribution in [1.29, 1.82) is 0 Å². The van der Waals surface area contributed by atoms with Crippen molar-refractivity contribution in [2.75, 3.05) is 36.5 Å². The van der Waals surface area contributed by atoms with Crippen LogP contribution in [0, 0.1) is 11.6 Å². The number of fused-ring (bicyclic) bond motifs is 1. The van der Waals surface area contributed by atoms with E-state index in [0.717, 1.165) is 16.8 Å². The highest BCUT2D eigenvalue weighted by Gasteiger charge is 2.16. The Labute approximate surface area is 157 Å². The SMILES string of the molecule is O=C(Cn1nc2nc(N3CCOCC3)ccn2c1=O)Nc1cc(F)cc(F)c1. The van der Waals surface area contributed by atoms with Gasteiger partial charge in [-0.2, -0.15) is 4.98 Å². The van der Waals surface area contributed by atoms with E-state index in [4.69, 9.17) is 4.74 Å². The number of benzene rings is 1. The molecule has 0 bridgehead atoms. The Morgan fingerprint density at radius 1 is 1.18 bits per heavy atom. The molecule has 0 aliphatic carbocycles. The minimum atomic E-state index is -0.819. The third-order valence-corrected chi connectivity index (χ3v) is 4.21. The molecule has 1 amide bonds. The summed E-state index contributed by atoms with van der Waals surface area (Å²) in [6.07, 6.45) is 1.54. The zero-order valence-electron chi connectivity index (χ0n) is 14.6. The number of nitrogens with one attached hydrogen (secondary N) is 1. The van der Waals surface area contributed by atoms with E-state index in [1.54, 1.807) is 12.3 Å². The van der Waals surface area contributed by atoms with Gasteiger partial charge in [-0.3, -0.25) is 4.79 Å². The van der Waals surface area contributed by atoms with Gasteiger partial charge in [-0.25, -0.2) is 22.7 Å². The molecule has 0 unspecified atom stereocenters. The van der Waals surface area contributed by atoms with Crippen molar-refractivity contribution < 1.29 is 18.3 Å². The van der Waals surface area contributed by atoms with Gasteiger partial charge in [0.2, 0.25) is 5.91 Å². The molecule has 2 aromatic heterocycles. The van der Waals surface area contributed by atoms with Gasteiger partial charge in [0, 0.05) is 31.0 Å². The molecule has 3 aromatic rings. The highest BCUT2D eigenvalue weighted by Crippen LogP contribution is 2.14. The van der Waals surface area contributed by atoms with Crippen molar-refractivity contribution in [2.45, 2.75) is 6.54 Å². The molecule has 1 N–H and O–H groups in total. The minimum absolute atomic E-state index is 0.0490. The smallest absolute Gasteiger partial charge is 0.352 e. The third kappa shape index (κ3) is 3.69. The van der Waals surface area contributed by atoms with Crippen LogP contribution in [0.15, 0.2) is 35.3 Å². The van der Waals surface area contributed by atoms with E-state index in [1.165, 1.54) is 4.40 Å².